The topological polar surface area (TPSA) is 67.3 Å². The molecule has 1 rings (SSSR count). The summed E-state index contributed by atoms with van der Waals surface area (Å²) in [5.41, 5.74) is 0. The Morgan fingerprint density at radius 3 is 3.06 bits per heavy atom. The average molecular weight is 239 g/mol. The van der Waals surface area contributed by atoms with Gasteiger partial charge in [-0.05, 0) is 26.2 Å². The third-order valence-electron chi connectivity index (χ3n) is 2.25. The van der Waals surface area contributed by atoms with Crippen LogP contribution in [0.3, 0.4) is 0 Å². The van der Waals surface area contributed by atoms with Crippen LogP contribution in [0.5, 0.6) is 5.88 Å². The molecule has 2 N–H and O–H groups in total. The summed E-state index contributed by atoms with van der Waals surface area (Å²) in [5.74, 6) is 1.17. The summed E-state index contributed by atoms with van der Waals surface area (Å²) < 4.78 is 5.43. The van der Waals surface area contributed by atoms with Crippen LogP contribution in [-0.4, -0.2) is 34.3 Å². The zero-order valence-corrected chi connectivity index (χ0v) is 10.5. The number of hydrogen-bond donors (Lipinski definition) is 2. The van der Waals surface area contributed by atoms with Gasteiger partial charge in [-0.2, -0.15) is 4.98 Å². The van der Waals surface area contributed by atoms with Crippen molar-refractivity contribution in [2.75, 3.05) is 18.5 Å². The first-order valence-corrected chi connectivity index (χ1v) is 6.09. The van der Waals surface area contributed by atoms with Gasteiger partial charge in [0.1, 0.15) is 0 Å². The Balaban J connectivity index is 2.47. The zero-order valence-electron chi connectivity index (χ0n) is 10.5. The fourth-order valence-corrected chi connectivity index (χ4v) is 1.39. The highest BCUT2D eigenvalue weighted by atomic mass is 16.5. The Labute approximate surface area is 102 Å². The van der Waals surface area contributed by atoms with Gasteiger partial charge in [-0.15, -0.1) is 0 Å². The van der Waals surface area contributed by atoms with Crippen LogP contribution >= 0.6 is 0 Å². The predicted molar refractivity (Wildman–Crippen MR) is 67.2 cm³/mol. The standard InChI is InChI=1S/C12H21N3O2/c1-3-9-17-11-6-7-13-12(15-11)14-10(2)5-4-8-16/h6-7,10,16H,3-5,8-9H2,1-2H3,(H,13,14,15). The molecule has 1 atom stereocenters. The monoisotopic (exact) mass is 239 g/mol. The molecule has 1 aromatic heterocycles. The first-order valence-electron chi connectivity index (χ1n) is 6.09. The van der Waals surface area contributed by atoms with Gasteiger partial charge in [-0.25, -0.2) is 4.98 Å². The van der Waals surface area contributed by atoms with Gasteiger partial charge < -0.3 is 15.2 Å². The molecule has 0 fully saturated rings. The smallest absolute Gasteiger partial charge is 0.226 e. The second-order valence-electron chi connectivity index (χ2n) is 3.98. The molecule has 0 saturated carbocycles. The Morgan fingerprint density at radius 1 is 1.53 bits per heavy atom. The summed E-state index contributed by atoms with van der Waals surface area (Å²) in [6.45, 7) is 4.97. The molecule has 0 aliphatic rings. The number of anilines is 1. The van der Waals surface area contributed by atoms with Crippen molar-refractivity contribution in [1.82, 2.24) is 9.97 Å². The van der Waals surface area contributed by atoms with E-state index in [2.05, 4.69) is 22.2 Å². The number of nitrogens with one attached hydrogen (secondary N) is 1. The molecule has 17 heavy (non-hydrogen) atoms. The molecule has 0 amide bonds. The highest BCUT2D eigenvalue weighted by Gasteiger charge is 2.04. The van der Waals surface area contributed by atoms with Crippen LogP contribution in [0.1, 0.15) is 33.1 Å². The van der Waals surface area contributed by atoms with Crippen molar-refractivity contribution in [3.05, 3.63) is 12.3 Å². The van der Waals surface area contributed by atoms with E-state index in [0.717, 1.165) is 19.3 Å². The summed E-state index contributed by atoms with van der Waals surface area (Å²) in [5, 5.41) is 11.9. The number of aliphatic hydroxyl groups is 1. The van der Waals surface area contributed by atoms with Crippen molar-refractivity contribution in [2.45, 2.75) is 39.2 Å². The van der Waals surface area contributed by atoms with Gasteiger partial charge in [0.15, 0.2) is 0 Å². The van der Waals surface area contributed by atoms with E-state index in [1.54, 1.807) is 12.3 Å². The van der Waals surface area contributed by atoms with Gasteiger partial charge in [-0.3, -0.25) is 0 Å². The van der Waals surface area contributed by atoms with Crippen molar-refractivity contribution >= 4 is 5.95 Å². The van der Waals surface area contributed by atoms with Crippen molar-refractivity contribution in [2.24, 2.45) is 0 Å². The van der Waals surface area contributed by atoms with Crippen LogP contribution in [0.15, 0.2) is 12.3 Å². The largest absolute Gasteiger partial charge is 0.478 e. The third kappa shape index (κ3) is 5.49. The Morgan fingerprint density at radius 2 is 2.35 bits per heavy atom. The molecule has 0 radical (unpaired) electrons. The number of rotatable bonds is 8. The lowest BCUT2D eigenvalue weighted by Gasteiger charge is -2.13. The average Bonchev–Trinajstić information content (AvgIpc) is 2.34. The predicted octanol–water partition coefficient (Wildman–Crippen LogP) is 1.84. The van der Waals surface area contributed by atoms with E-state index >= 15 is 0 Å². The van der Waals surface area contributed by atoms with Gasteiger partial charge >= 0.3 is 0 Å². The number of aromatic nitrogens is 2. The Kier molecular flexibility index (Phi) is 6.32. The molecule has 0 bridgehead atoms. The van der Waals surface area contributed by atoms with E-state index < -0.39 is 0 Å². The van der Waals surface area contributed by atoms with Crippen molar-refractivity contribution in [1.29, 1.82) is 0 Å². The van der Waals surface area contributed by atoms with Gasteiger partial charge in [0, 0.05) is 24.9 Å². The second kappa shape index (κ2) is 7.84. The number of ether oxygens (including phenoxy) is 1. The molecular weight excluding hydrogens is 218 g/mol. The van der Waals surface area contributed by atoms with E-state index in [9.17, 15) is 0 Å². The van der Waals surface area contributed by atoms with Gasteiger partial charge in [0.05, 0.1) is 6.61 Å². The second-order valence-corrected chi connectivity index (χ2v) is 3.98. The highest BCUT2D eigenvalue weighted by molar-refractivity contribution is 5.28. The Bertz CT molecular complexity index is 320. The van der Waals surface area contributed by atoms with Crippen LogP contribution < -0.4 is 10.1 Å². The minimum absolute atomic E-state index is 0.215. The van der Waals surface area contributed by atoms with E-state index in [0.29, 0.717) is 18.4 Å². The molecule has 5 heteroatoms. The number of hydrogen-bond acceptors (Lipinski definition) is 5. The summed E-state index contributed by atoms with van der Waals surface area (Å²) in [7, 11) is 0. The SMILES string of the molecule is CCCOc1ccnc(NC(C)CCCO)n1. The van der Waals surface area contributed by atoms with Crippen molar-refractivity contribution in [3.8, 4) is 5.88 Å². The quantitative estimate of drug-likeness (QED) is 0.724. The third-order valence-corrected chi connectivity index (χ3v) is 2.25. The van der Waals surface area contributed by atoms with Crippen molar-refractivity contribution in [3.63, 3.8) is 0 Å². The summed E-state index contributed by atoms with van der Waals surface area (Å²) in [6.07, 6.45) is 4.30. The summed E-state index contributed by atoms with van der Waals surface area (Å²) in [4.78, 5) is 8.38. The minimum Gasteiger partial charge on any atom is -0.478 e. The molecule has 1 unspecified atom stereocenters. The normalized spacial score (nSPS) is 12.2. The van der Waals surface area contributed by atoms with Gasteiger partial charge in [0.25, 0.3) is 0 Å². The van der Waals surface area contributed by atoms with Gasteiger partial charge in [0.2, 0.25) is 11.8 Å². The number of nitrogens with zero attached hydrogens (tertiary/aromatic N) is 2. The maximum atomic E-state index is 8.74. The molecule has 0 aromatic carbocycles. The van der Waals surface area contributed by atoms with Crippen molar-refractivity contribution < 1.29 is 9.84 Å². The van der Waals surface area contributed by atoms with E-state index in [1.807, 2.05) is 6.92 Å². The minimum atomic E-state index is 0.215. The van der Waals surface area contributed by atoms with Crippen LogP contribution in [0, 0.1) is 0 Å². The van der Waals surface area contributed by atoms with Crippen LogP contribution in [-0.2, 0) is 0 Å². The van der Waals surface area contributed by atoms with E-state index in [1.165, 1.54) is 0 Å². The lowest BCUT2D eigenvalue weighted by atomic mass is 10.2. The Hall–Kier alpha value is -1.36. The molecule has 0 aliphatic carbocycles. The lowest BCUT2D eigenvalue weighted by Crippen LogP contribution is -2.17. The lowest BCUT2D eigenvalue weighted by molar-refractivity contribution is 0.282. The zero-order chi connectivity index (χ0) is 12.5. The first kappa shape index (κ1) is 13.7. The summed E-state index contributed by atoms with van der Waals surface area (Å²) >= 11 is 0. The molecule has 1 aromatic rings. The van der Waals surface area contributed by atoms with E-state index in [4.69, 9.17) is 9.84 Å². The molecular formula is C12H21N3O2. The molecule has 1 heterocycles. The maximum absolute atomic E-state index is 8.74. The van der Waals surface area contributed by atoms with Gasteiger partial charge in [-0.1, -0.05) is 6.92 Å². The van der Waals surface area contributed by atoms with Crippen LogP contribution in [0.25, 0.3) is 0 Å². The van der Waals surface area contributed by atoms with E-state index in [-0.39, 0.29) is 12.6 Å². The first-order chi connectivity index (χ1) is 8.26. The fourth-order valence-electron chi connectivity index (χ4n) is 1.39. The van der Waals surface area contributed by atoms with Crippen LogP contribution in [0.2, 0.25) is 0 Å². The maximum Gasteiger partial charge on any atom is 0.226 e. The molecule has 0 aliphatic heterocycles. The fraction of sp³-hybridized carbons (Fsp3) is 0.667. The molecule has 0 spiro atoms. The summed E-state index contributed by atoms with van der Waals surface area (Å²) in [6, 6.07) is 1.99. The van der Waals surface area contributed by atoms with Crippen LogP contribution in [0.4, 0.5) is 5.95 Å². The molecule has 0 saturated heterocycles. The molecule has 96 valence electrons. The number of aliphatic hydroxyl groups excluding tert-OH is 1. The molecule has 5 nitrogen and oxygen atoms in total. The highest BCUT2D eigenvalue weighted by Crippen LogP contribution is 2.10.